The molecule has 0 aliphatic carbocycles. The highest BCUT2D eigenvalue weighted by Gasteiger charge is 2.30. The first-order valence-corrected chi connectivity index (χ1v) is 9.18. The number of rotatable bonds is 3. The molecule has 0 spiro atoms. The number of aromatic nitrogens is 1. The van der Waals surface area contributed by atoms with E-state index in [4.69, 9.17) is 4.74 Å². The Hall–Kier alpha value is -1.87. The molecule has 7 heteroatoms. The van der Waals surface area contributed by atoms with Crippen LogP contribution in [0.3, 0.4) is 0 Å². The monoisotopic (exact) mass is 441 g/mol. The van der Waals surface area contributed by atoms with Crippen LogP contribution in [-0.2, 0) is 14.8 Å². The van der Waals surface area contributed by atoms with E-state index in [1.807, 2.05) is 22.6 Å². The van der Waals surface area contributed by atoms with Crippen molar-refractivity contribution in [3.63, 3.8) is 0 Å². The van der Waals surface area contributed by atoms with Crippen LogP contribution in [0.2, 0.25) is 0 Å². The molecule has 0 saturated heterocycles. The normalized spacial score (nSPS) is 11.6. The van der Waals surface area contributed by atoms with Gasteiger partial charge in [-0.3, -0.25) is 0 Å². The number of para-hydroxylation sites is 1. The molecule has 118 valence electrons. The summed E-state index contributed by atoms with van der Waals surface area (Å²) in [5.74, 6) is -0.690. The number of fused-ring (bicyclic) bond motifs is 1. The molecule has 3 rings (SSSR count). The lowest BCUT2D eigenvalue weighted by Gasteiger charge is -2.11. The lowest BCUT2D eigenvalue weighted by molar-refractivity contribution is 0.0592. The van der Waals surface area contributed by atoms with Crippen LogP contribution in [0.1, 0.15) is 10.5 Å². The van der Waals surface area contributed by atoms with Gasteiger partial charge in [-0.2, -0.15) is 0 Å². The Morgan fingerprint density at radius 2 is 1.65 bits per heavy atom. The van der Waals surface area contributed by atoms with Gasteiger partial charge in [-0.15, -0.1) is 0 Å². The zero-order valence-electron chi connectivity index (χ0n) is 12.1. The topological polar surface area (TPSA) is 65.4 Å². The summed E-state index contributed by atoms with van der Waals surface area (Å²) in [7, 11) is -2.69. The molecule has 0 saturated carbocycles. The van der Waals surface area contributed by atoms with Gasteiger partial charge in [0.25, 0.3) is 10.0 Å². The molecule has 0 fully saturated rings. The Balaban J connectivity index is 2.43. The lowest BCUT2D eigenvalue weighted by atomic mass is 10.2. The van der Waals surface area contributed by atoms with Crippen molar-refractivity contribution in [3.05, 3.63) is 63.9 Å². The molecule has 3 aromatic rings. The average molecular weight is 441 g/mol. The first-order chi connectivity index (χ1) is 11.0. The number of hydrogen-bond donors (Lipinski definition) is 0. The van der Waals surface area contributed by atoms with E-state index in [-0.39, 0.29) is 10.6 Å². The molecule has 0 N–H and O–H groups in total. The molecule has 1 heterocycles. The smallest absolute Gasteiger partial charge is 0.356 e. The molecule has 0 atom stereocenters. The van der Waals surface area contributed by atoms with Gasteiger partial charge in [0.2, 0.25) is 0 Å². The number of carbonyl (C=O) groups excluding carboxylic acids is 1. The molecule has 2 aromatic carbocycles. The van der Waals surface area contributed by atoms with E-state index in [1.165, 1.54) is 19.2 Å². The summed E-state index contributed by atoms with van der Waals surface area (Å²) in [6.07, 6.45) is 0. The van der Waals surface area contributed by atoms with Crippen LogP contribution in [0.25, 0.3) is 10.9 Å². The number of nitrogens with zero attached hydrogens (tertiary/aromatic N) is 1. The Kier molecular flexibility index (Phi) is 4.15. The highest BCUT2D eigenvalue weighted by Crippen LogP contribution is 2.31. The molecule has 1 aromatic heterocycles. The summed E-state index contributed by atoms with van der Waals surface area (Å²) in [6, 6.07) is 15.0. The second kappa shape index (κ2) is 5.97. The molecule has 0 bridgehead atoms. The van der Waals surface area contributed by atoms with E-state index in [9.17, 15) is 13.2 Å². The molecule has 0 amide bonds. The van der Waals surface area contributed by atoms with Crippen LogP contribution < -0.4 is 0 Å². The van der Waals surface area contributed by atoms with Gasteiger partial charge in [0, 0.05) is 5.39 Å². The van der Waals surface area contributed by atoms with Gasteiger partial charge >= 0.3 is 5.97 Å². The SMILES string of the molecule is COC(=O)c1c(I)c2ccccc2n1S(=O)(=O)c1ccccc1. The van der Waals surface area contributed by atoms with Crippen LogP contribution in [0.15, 0.2) is 59.5 Å². The second-order valence-corrected chi connectivity index (χ2v) is 7.62. The van der Waals surface area contributed by atoms with Crippen molar-refractivity contribution in [3.8, 4) is 0 Å². The quantitative estimate of drug-likeness (QED) is 0.463. The van der Waals surface area contributed by atoms with Crippen molar-refractivity contribution in [1.29, 1.82) is 0 Å². The molecular formula is C16H12INO4S. The standard InChI is InChI=1S/C16H12INO4S/c1-22-16(19)15-14(17)12-9-5-6-10-13(12)18(15)23(20,21)11-7-3-2-4-8-11/h2-10H,1H3. The maximum Gasteiger partial charge on any atom is 0.356 e. The van der Waals surface area contributed by atoms with Crippen molar-refractivity contribution in [2.45, 2.75) is 4.90 Å². The third-order valence-corrected chi connectivity index (χ3v) is 6.25. The third-order valence-electron chi connectivity index (χ3n) is 3.43. The highest BCUT2D eigenvalue weighted by atomic mass is 127. The van der Waals surface area contributed by atoms with Gasteiger partial charge in [0.05, 0.1) is 21.1 Å². The Morgan fingerprint density at radius 3 is 2.30 bits per heavy atom. The molecule has 0 radical (unpaired) electrons. The first-order valence-electron chi connectivity index (χ1n) is 6.66. The Morgan fingerprint density at radius 1 is 1.04 bits per heavy atom. The maximum atomic E-state index is 13.1. The van der Waals surface area contributed by atoms with Gasteiger partial charge in [0.1, 0.15) is 0 Å². The minimum absolute atomic E-state index is 0.0122. The molecule has 23 heavy (non-hydrogen) atoms. The molecule has 0 aliphatic heterocycles. The van der Waals surface area contributed by atoms with Gasteiger partial charge in [-0.05, 0) is 40.8 Å². The number of benzene rings is 2. The van der Waals surface area contributed by atoms with Crippen molar-refractivity contribution < 1.29 is 17.9 Å². The van der Waals surface area contributed by atoms with E-state index in [0.717, 1.165) is 3.97 Å². The zero-order valence-corrected chi connectivity index (χ0v) is 15.0. The van der Waals surface area contributed by atoms with Crippen molar-refractivity contribution in [2.24, 2.45) is 0 Å². The summed E-state index contributed by atoms with van der Waals surface area (Å²) in [6.45, 7) is 0. The summed E-state index contributed by atoms with van der Waals surface area (Å²) in [5, 5.41) is 0.688. The fourth-order valence-corrected chi connectivity index (χ4v) is 5.01. The summed E-state index contributed by atoms with van der Waals surface area (Å²) >= 11 is 1.97. The van der Waals surface area contributed by atoms with Gasteiger partial charge in [-0.25, -0.2) is 17.2 Å². The summed E-state index contributed by atoms with van der Waals surface area (Å²) in [4.78, 5) is 12.3. The van der Waals surface area contributed by atoms with Crippen LogP contribution in [0, 0.1) is 3.57 Å². The summed E-state index contributed by atoms with van der Waals surface area (Å²) < 4.78 is 32.5. The molecule has 0 aliphatic rings. The number of hydrogen-bond acceptors (Lipinski definition) is 4. The predicted molar refractivity (Wildman–Crippen MR) is 95.0 cm³/mol. The average Bonchev–Trinajstić information content (AvgIpc) is 2.89. The van der Waals surface area contributed by atoms with Gasteiger partial charge in [0.15, 0.2) is 5.69 Å². The Bertz CT molecular complexity index is 994. The lowest BCUT2D eigenvalue weighted by Crippen LogP contribution is -2.19. The van der Waals surface area contributed by atoms with E-state index in [2.05, 4.69) is 0 Å². The first kappa shape index (κ1) is 16.0. The third kappa shape index (κ3) is 2.53. The second-order valence-electron chi connectivity index (χ2n) is 4.75. The molecule has 0 unspecified atom stereocenters. The van der Waals surface area contributed by atoms with Crippen LogP contribution >= 0.6 is 22.6 Å². The summed E-state index contributed by atoms with van der Waals surface area (Å²) in [5.41, 5.74) is 0.458. The van der Waals surface area contributed by atoms with Crippen LogP contribution in [0.5, 0.6) is 0 Å². The van der Waals surface area contributed by atoms with Crippen LogP contribution in [-0.4, -0.2) is 25.5 Å². The van der Waals surface area contributed by atoms with E-state index in [1.54, 1.807) is 42.5 Å². The van der Waals surface area contributed by atoms with Crippen LogP contribution in [0.4, 0.5) is 0 Å². The zero-order chi connectivity index (χ0) is 16.6. The van der Waals surface area contributed by atoms with Crippen molar-refractivity contribution in [2.75, 3.05) is 7.11 Å². The van der Waals surface area contributed by atoms with Crippen molar-refractivity contribution >= 4 is 49.5 Å². The minimum atomic E-state index is -3.92. The Labute approximate surface area is 147 Å². The molecule has 5 nitrogen and oxygen atoms in total. The minimum Gasteiger partial charge on any atom is -0.464 e. The number of halogens is 1. The highest BCUT2D eigenvalue weighted by molar-refractivity contribution is 14.1. The number of ether oxygens (including phenoxy) is 1. The van der Waals surface area contributed by atoms with Gasteiger partial charge in [-0.1, -0.05) is 36.4 Å². The largest absolute Gasteiger partial charge is 0.464 e. The maximum absolute atomic E-state index is 13.1. The molecular weight excluding hydrogens is 429 g/mol. The van der Waals surface area contributed by atoms with E-state index < -0.39 is 16.0 Å². The fourth-order valence-electron chi connectivity index (χ4n) is 2.39. The van der Waals surface area contributed by atoms with E-state index in [0.29, 0.717) is 14.5 Å². The number of methoxy groups -OCH3 is 1. The number of esters is 1. The fraction of sp³-hybridized carbons (Fsp3) is 0.0625. The number of carbonyl (C=O) groups is 1. The van der Waals surface area contributed by atoms with E-state index >= 15 is 0 Å². The van der Waals surface area contributed by atoms with Gasteiger partial charge < -0.3 is 4.74 Å². The predicted octanol–water partition coefficient (Wildman–Crippen LogP) is 3.27. The van der Waals surface area contributed by atoms with Crippen molar-refractivity contribution in [1.82, 2.24) is 3.97 Å².